The van der Waals surface area contributed by atoms with Gasteiger partial charge in [-0.2, -0.15) is 17.6 Å². The van der Waals surface area contributed by atoms with Crippen LogP contribution in [-0.2, 0) is 4.74 Å². The van der Waals surface area contributed by atoms with Crippen LogP contribution in [0, 0.1) is 24.5 Å². The minimum absolute atomic E-state index is 0.00915. The zero-order valence-corrected chi connectivity index (χ0v) is 18.5. The lowest BCUT2D eigenvalue weighted by Gasteiger charge is -2.32. The minimum atomic E-state index is -4.78. The van der Waals surface area contributed by atoms with Crippen molar-refractivity contribution in [2.45, 2.75) is 64.3 Å². The number of H-pyrrole nitrogens is 1. The number of aromatic nitrogens is 2. The Kier molecular flexibility index (Phi) is 6.14. The Bertz CT molecular complexity index is 1080. The zero-order chi connectivity index (χ0) is 24.2. The maximum atomic E-state index is 14.4. The van der Waals surface area contributed by atoms with Crippen LogP contribution in [0.4, 0.5) is 22.0 Å². The molecule has 4 atom stereocenters. The summed E-state index contributed by atoms with van der Waals surface area (Å²) in [7, 11) is 1.10. The first-order chi connectivity index (χ1) is 14.7. The second-order valence-corrected chi connectivity index (χ2v) is 8.55. The average Bonchev–Trinajstić information content (AvgIpc) is 2.95. The third kappa shape index (κ3) is 3.68. The summed E-state index contributed by atoms with van der Waals surface area (Å²) in [6.07, 6.45) is -6.17. The molecular formula is C22H25F5N2O3. The molecule has 0 spiro atoms. The van der Waals surface area contributed by atoms with Gasteiger partial charge < -0.3 is 14.5 Å². The van der Waals surface area contributed by atoms with Crippen molar-refractivity contribution in [3.8, 4) is 5.75 Å². The van der Waals surface area contributed by atoms with Gasteiger partial charge in [0.2, 0.25) is 5.82 Å². The summed E-state index contributed by atoms with van der Waals surface area (Å²) in [4.78, 5) is 19.5. The molecule has 5 nitrogen and oxygen atoms in total. The van der Waals surface area contributed by atoms with Crippen molar-refractivity contribution in [2.24, 2.45) is 5.92 Å². The van der Waals surface area contributed by atoms with E-state index in [4.69, 9.17) is 9.47 Å². The quantitative estimate of drug-likeness (QED) is 0.629. The molecule has 1 saturated heterocycles. The van der Waals surface area contributed by atoms with Gasteiger partial charge in [0.25, 0.3) is 5.56 Å². The second kappa shape index (κ2) is 8.13. The molecule has 0 unspecified atom stereocenters. The van der Waals surface area contributed by atoms with Crippen molar-refractivity contribution in [1.82, 2.24) is 9.97 Å². The summed E-state index contributed by atoms with van der Waals surface area (Å²) in [6, 6.07) is 1.99. The lowest BCUT2D eigenvalue weighted by molar-refractivity contribution is -0.275. The van der Waals surface area contributed by atoms with Crippen molar-refractivity contribution < 1.29 is 31.4 Å². The van der Waals surface area contributed by atoms with E-state index >= 15 is 0 Å². The van der Waals surface area contributed by atoms with Crippen LogP contribution in [0.15, 0.2) is 16.9 Å². The predicted octanol–water partition coefficient (Wildman–Crippen LogP) is 5.30. The molecule has 3 rings (SSSR count). The number of alkyl halides is 3. The van der Waals surface area contributed by atoms with Gasteiger partial charge in [-0.05, 0) is 25.8 Å². The molecule has 1 N–H and O–H groups in total. The summed E-state index contributed by atoms with van der Waals surface area (Å²) in [5, 5.41) is 0. The fourth-order valence-electron chi connectivity index (χ4n) is 4.48. The number of nitrogens with zero attached hydrogens (tertiary/aromatic N) is 1. The first kappa shape index (κ1) is 24.2. The van der Waals surface area contributed by atoms with Crippen LogP contribution in [0.3, 0.4) is 0 Å². The normalized spacial score (nSPS) is 26.1. The molecule has 1 fully saturated rings. The topological polar surface area (TPSA) is 64.2 Å². The molecule has 0 radical (unpaired) electrons. The number of rotatable bonds is 4. The number of hydrogen-bond donors (Lipinski definition) is 1. The number of aryl methyl sites for hydroxylation is 1. The van der Waals surface area contributed by atoms with Gasteiger partial charge in [0.05, 0.1) is 7.11 Å². The van der Waals surface area contributed by atoms with Gasteiger partial charge in [-0.25, -0.2) is 9.37 Å². The molecule has 32 heavy (non-hydrogen) atoms. The molecule has 0 aliphatic carbocycles. The van der Waals surface area contributed by atoms with Gasteiger partial charge in [0.15, 0.2) is 17.2 Å². The SMILES string of the molecule is COc1c([C@H]2[C@H](c3nc(C)c(C(C)C)c(=O)[nH]3)O[C@@](C)(C(F)(F)F)[C@H]2C)ccc(F)c1F. The summed E-state index contributed by atoms with van der Waals surface area (Å²) in [5.74, 6) is -5.69. The largest absolute Gasteiger partial charge is 0.493 e. The number of aromatic amines is 1. The lowest BCUT2D eigenvalue weighted by Crippen LogP contribution is -2.46. The van der Waals surface area contributed by atoms with E-state index in [0.29, 0.717) is 11.3 Å². The second-order valence-electron chi connectivity index (χ2n) is 8.55. The van der Waals surface area contributed by atoms with Gasteiger partial charge in [0, 0.05) is 28.7 Å². The van der Waals surface area contributed by atoms with Gasteiger partial charge in [-0.15, -0.1) is 0 Å². The van der Waals surface area contributed by atoms with Crippen LogP contribution in [0.5, 0.6) is 5.75 Å². The standard InChI is InChI=1S/C22H25F5N2O3/c1-9(2)14-11(4)28-19(29-20(14)30)18-15(10(3)21(5,32-18)22(25,26)27)12-7-8-13(23)16(24)17(12)31-6/h7-10,15,18H,1-6H3,(H,28,29,30)/t10-,15-,18+,21+/m0/s1. The molecule has 176 valence electrons. The molecule has 1 aliphatic heterocycles. The maximum Gasteiger partial charge on any atom is 0.417 e. The van der Waals surface area contributed by atoms with Crippen LogP contribution < -0.4 is 10.3 Å². The van der Waals surface area contributed by atoms with E-state index in [0.717, 1.165) is 20.1 Å². The van der Waals surface area contributed by atoms with Crippen molar-refractivity contribution in [2.75, 3.05) is 7.11 Å². The van der Waals surface area contributed by atoms with Gasteiger partial charge in [0.1, 0.15) is 11.9 Å². The van der Waals surface area contributed by atoms with E-state index in [-0.39, 0.29) is 17.3 Å². The van der Waals surface area contributed by atoms with Crippen LogP contribution in [0.2, 0.25) is 0 Å². The van der Waals surface area contributed by atoms with Crippen LogP contribution in [-0.4, -0.2) is 28.9 Å². The number of benzene rings is 1. The zero-order valence-electron chi connectivity index (χ0n) is 18.5. The molecule has 2 heterocycles. The third-order valence-electron chi connectivity index (χ3n) is 6.32. The Morgan fingerprint density at radius 2 is 1.88 bits per heavy atom. The van der Waals surface area contributed by atoms with Crippen molar-refractivity contribution in [1.29, 1.82) is 0 Å². The molecular weight excluding hydrogens is 435 g/mol. The number of hydrogen-bond acceptors (Lipinski definition) is 4. The Hall–Kier alpha value is -2.49. The summed E-state index contributed by atoms with van der Waals surface area (Å²) >= 11 is 0. The number of ether oxygens (including phenoxy) is 2. The smallest absolute Gasteiger partial charge is 0.417 e. The van der Waals surface area contributed by atoms with E-state index < -0.39 is 52.7 Å². The van der Waals surface area contributed by atoms with E-state index in [9.17, 15) is 26.7 Å². The lowest BCUT2D eigenvalue weighted by atomic mass is 9.77. The molecule has 1 aromatic heterocycles. The van der Waals surface area contributed by atoms with Gasteiger partial charge in [-0.3, -0.25) is 4.79 Å². The van der Waals surface area contributed by atoms with Gasteiger partial charge >= 0.3 is 6.18 Å². The fraction of sp³-hybridized carbons (Fsp3) is 0.545. The molecule has 0 saturated carbocycles. The van der Waals surface area contributed by atoms with Crippen molar-refractivity contribution in [3.05, 3.63) is 56.8 Å². The third-order valence-corrected chi connectivity index (χ3v) is 6.32. The van der Waals surface area contributed by atoms with E-state index in [1.165, 1.54) is 13.0 Å². The molecule has 1 aliphatic rings. The van der Waals surface area contributed by atoms with Crippen molar-refractivity contribution in [3.63, 3.8) is 0 Å². The molecule has 2 aromatic rings. The van der Waals surface area contributed by atoms with E-state index in [2.05, 4.69) is 9.97 Å². The fourth-order valence-corrected chi connectivity index (χ4v) is 4.48. The van der Waals surface area contributed by atoms with Crippen LogP contribution in [0.1, 0.15) is 68.3 Å². The molecule has 1 aromatic carbocycles. The predicted molar refractivity (Wildman–Crippen MR) is 107 cm³/mol. The van der Waals surface area contributed by atoms with Gasteiger partial charge in [-0.1, -0.05) is 26.8 Å². The number of methoxy groups -OCH3 is 1. The van der Waals surface area contributed by atoms with Crippen LogP contribution >= 0.6 is 0 Å². The monoisotopic (exact) mass is 460 g/mol. The summed E-state index contributed by atoms with van der Waals surface area (Å²) < 4.78 is 80.9. The van der Waals surface area contributed by atoms with E-state index in [1.807, 2.05) is 0 Å². The maximum absolute atomic E-state index is 14.4. The van der Waals surface area contributed by atoms with Crippen molar-refractivity contribution >= 4 is 0 Å². The first-order valence-corrected chi connectivity index (χ1v) is 10.1. The highest BCUT2D eigenvalue weighted by Gasteiger charge is 2.65. The Morgan fingerprint density at radius 1 is 1.25 bits per heavy atom. The van der Waals surface area contributed by atoms with E-state index in [1.54, 1.807) is 20.8 Å². The Labute approximate surface area is 182 Å². The first-order valence-electron chi connectivity index (χ1n) is 10.1. The molecule has 0 amide bonds. The highest BCUT2D eigenvalue weighted by atomic mass is 19.4. The molecule has 0 bridgehead atoms. The highest BCUT2D eigenvalue weighted by molar-refractivity contribution is 5.41. The highest BCUT2D eigenvalue weighted by Crippen LogP contribution is 2.59. The number of halogens is 5. The summed E-state index contributed by atoms with van der Waals surface area (Å²) in [5.41, 5.74) is -2.38. The number of nitrogens with one attached hydrogen (secondary N) is 1. The Balaban J connectivity index is 2.26. The average molecular weight is 460 g/mol. The minimum Gasteiger partial charge on any atom is -0.493 e. The summed E-state index contributed by atoms with van der Waals surface area (Å²) in [6.45, 7) is 7.38. The van der Waals surface area contributed by atoms with Crippen LogP contribution in [0.25, 0.3) is 0 Å². The Morgan fingerprint density at radius 3 is 2.38 bits per heavy atom. The molecule has 10 heteroatoms.